The van der Waals surface area contributed by atoms with Crippen molar-refractivity contribution >= 4 is 5.97 Å². The van der Waals surface area contributed by atoms with Gasteiger partial charge in [-0.05, 0) is 6.92 Å². The zero-order valence-corrected chi connectivity index (χ0v) is 5.37. The Balaban J connectivity index is 3.72. The Morgan fingerprint density at radius 3 is 2.11 bits per heavy atom. The van der Waals surface area contributed by atoms with Gasteiger partial charge in [-0.1, -0.05) is 0 Å². The molecule has 4 heteroatoms. The van der Waals surface area contributed by atoms with Crippen LogP contribution in [-0.4, -0.2) is 35.5 Å². The lowest BCUT2D eigenvalue weighted by molar-refractivity contribution is -0.155. The molecule has 2 unspecified atom stereocenters. The van der Waals surface area contributed by atoms with Crippen molar-refractivity contribution in [3.05, 3.63) is 0 Å². The number of aliphatic hydroxyl groups excluding tert-OH is 2. The molecule has 0 heterocycles. The topological polar surface area (TPSA) is 66.8 Å². The van der Waals surface area contributed by atoms with Crippen molar-refractivity contribution in [1.29, 1.82) is 0 Å². The average molecular weight is 134 g/mol. The van der Waals surface area contributed by atoms with Crippen LogP contribution in [0.3, 0.4) is 0 Å². The van der Waals surface area contributed by atoms with Crippen LogP contribution in [0, 0.1) is 0 Å². The number of ether oxygens (including phenoxy) is 1. The fraction of sp³-hybridized carbons (Fsp3) is 0.800. The van der Waals surface area contributed by atoms with Crippen LogP contribution in [0.25, 0.3) is 0 Å². The second-order valence-corrected chi connectivity index (χ2v) is 1.71. The maximum Gasteiger partial charge on any atom is 0.337 e. The van der Waals surface area contributed by atoms with Gasteiger partial charge in [0.15, 0.2) is 6.10 Å². The lowest BCUT2D eigenvalue weighted by Gasteiger charge is -2.09. The number of rotatable bonds is 2. The molecule has 0 rings (SSSR count). The predicted molar refractivity (Wildman–Crippen MR) is 29.7 cm³/mol. The molecule has 2 atom stereocenters. The van der Waals surface area contributed by atoms with E-state index >= 15 is 0 Å². The summed E-state index contributed by atoms with van der Waals surface area (Å²) in [6.45, 7) is 1.31. The summed E-state index contributed by atoms with van der Waals surface area (Å²) in [7, 11) is 1.15. The molecule has 9 heavy (non-hydrogen) atoms. The summed E-state index contributed by atoms with van der Waals surface area (Å²) >= 11 is 0. The molecule has 0 aromatic rings. The van der Waals surface area contributed by atoms with Crippen molar-refractivity contribution < 1.29 is 19.7 Å². The summed E-state index contributed by atoms with van der Waals surface area (Å²) in [5.74, 6) is -0.815. The fourth-order valence-corrected chi connectivity index (χ4v) is 0.318. The van der Waals surface area contributed by atoms with Gasteiger partial charge in [0.25, 0.3) is 0 Å². The predicted octanol–water partition coefficient (Wildman–Crippen LogP) is -1.10. The van der Waals surface area contributed by atoms with Crippen LogP contribution in [-0.2, 0) is 9.53 Å². The summed E-state index contributed by atoms with van der Waals surface area (Å²) in [6, 6.07) is 0. The van der Waals surface area contributed by atoms with E-state index in [1.54, 1.807) is 0 Å². The Bertz CT molecular complexity index is 99.1. The van der Waals surface area contributed by atoms with E-state index in [1.165, 1.54) is 6.92 Å². The minimum atomic E-state index is -1.42. The van der Waals surface area contributed by atoms with E-state index in [9.17, 15) is 4.79 Å². The molecular formula is C5H10O4. The van der Waals surface area contributed by atoms with Crippen LogP contribution >= 0.6 is 0 Å². The molecule has 0 radical (unpaired) electrons. The minimum Gasteiger partial charge on any atom is -0.467 e. The summed E-state index contributed by atoms with van der Waals surface area (Å²) in [5, 5.41) is 17.2. The van der Waals surface area contributed by atoms with Gasteiger partial charge in [-0.15, -0.1) is 0 Å². The van der Waals surface area contributed by atoms with Crippen LogP contribution in [0.1, 0.15) is 6.92 Å². The maximum absolute atomic E-state index is 10.3. The van der Waals surface area contributed by atoms with Crippen molar-refractivity contribution in [3.8, 4) is 0 Å². The molecule has 4 nitrogen and oxygen atoms in total. The summed E-state index contributed by atoms with van der Waals surface area (Å²) in [4.78, 5) is 10.3. The van der Waals surface area contributed by atoms with Crippen LogP contribution < -0.4 is 0 Å². The van der Waals surface area contributed by atoms with Gasteiger partial charge in [-0.3, -0.25) is 0 Å². The third-order valence-electron chi connectivity index (χ3n) is 0.900. The van der Waals surface area contributed by atoms with Crippen molar-refractivity contribution in [2.24, 2.45) is 0 Å². The van der Waals surface area contributed by atoms with Gasteiger partial charge in [0.2, 0.25) is 0 Å². The van der Waals surface area contributed by atoms with Gasteiger partial charge in [-0.2, -0.15) is 0 Å². The van der Waals surface area contributed by atoms with E-state index in [1.807, 2.05) is 0 Å². The molecule has 0 aliphatic carbocycles. The highest BCUT2D eigenvalue weighted by Gasteiger charge is 2.20. The van der Waals surface area contributed by atoms with Crippen molar-refractivity contribution in [2.75, 3.05) is 7.11 Å². The molecule has 0 aromatic carbocycles. The number of hydrogen-bond acceptors (Lipinski definition) is 4. The first-order valence-corrected chi connectivity index (χ1v) is 2.53. The Hall–Kier alpha value is -0.610. The van der Waals surface area contributed by atoms with Gasteiger partial charge < -0.3 is 14.9 Å². The zero-order valence-electron chi connectivity index (χ0n) is 5.37. The molecule has 0 aromatic heterocycles. The van der Waals surface area contributed by atoms with Gasteiger partial charge in [-0.25, -0.2) is 4.79 Å². The first-order chi connectivity index (χ1) is 4.09. The van der Waals surface area contributed by atoms with Crippen molar-refractivity contribution in [1.82, 2.24) is 0 Å². The highest BCUT2D eigenvalue weighted by molar-refractivity contribution is 5.74. The van der Waals surface area contributed by atoms with Crippen LogP contribution in [0.2, 0.25) is 0 Å². The first kappa shape index (κ1) is 8.39. The van der Waals surface area contributed by atoms with E-state index in [2.05, 4.69) is 4.74 Å². The Labute approximate surface area is 53.1 Å². The van der Waals surface area contributed by atoms with Crippen LogP contribution in [0.15, 0.2) is 0 Å². The standard InChI is InChI=1S/C5H10O4/c1-3(6)4(7)5(8)9-2/h3-4,6-7H,1-2H3. The molecule has 0 fully saturated rings. The van der Waals surface area contributed by atoms with Crippen molar-refractivity contribution in [3.63, 3.8) is 0 Å². The van der Waals surface area contributed by atoms with Gasteiger partial charge in [0.05, 0.1) is 13.2 Å². The molecule has 2 N–H and O–H groups in total. The molecule has 0 amide bonds. The highest BCUT2D eigenvalue weighted by atomic mass is 16.5. The monoisotopic (exact) mass is 134 g/mol. The summed E-state index contributed by atoms with van der Waals surface area (Å²) < 4.78 is 4.12. The van der Waals surface area contributed by atoms with Gasteiger partial charge in [0, 0.05) is 0 Å². The lowest BCUT2D eigenvalue weighted by atomic mass is 10.2. The lowest BCUT2D eigenvalue weighted by Crippen LogP contribution is -2.32. The highest BCUT2D eigenvalue weighted by Crippen LogP contribution is 1.92. The number of carbonyl (C=O) groups excluding carboxylic acids is 1. The number of esters is 1. The molecule has 0 aliphatic heterocycles. The molecule has 0 saturated carbocycles. The van der Waals surface area contributed by atoms with Crippen LogP contribution in [0.4, 0.5) is 0 Å². The van der Waals surface area contributed by atoms with E-state index in [-0.39, 0.29) is 0 Å². The average Bonchev–Trinajstić information content (AvgIpc) is 1.84. The number of hydrogen-bond donors (Lipinski definition) is 2. The number of aliphatic hydroxyl groups is 2. The van der Waals surface area contributed by atoms with E-state index in [0.29, 0.717) is 0 Å². The SMILES string of the molecule is COC(=O)C(O)C(C)O. The molecule has 0 spiro atoms. The number of carbonyl (C=O) groups is 1. The zero-order chi connectivity index (χ0) is 7.44. The fourth-order valence-electron chi connectivity index (χ4n) is 0.318. The second-order valence-electron chi connectivity index (χ2n) is 1.71. The van der Waals surface area contributed by atoms with Crippen molar-refractivity contribution in [2.45, 2.75) is 19.1 Å². The molecule has 0 saturated heterocycles. The Morgan fingerprint density at radius 2 is 2.00 bits per heavy atom. The first-order valence-electron chi connectivity index (χ1n) is 2.53. The second kappa shape index (κ2) is 3.42. The smallest absolute Gasteiger partial charge is 0.337 e. The molecule has 0 aliphatic rings. The van der Waals surface area contributed by atoms with E-state index < -0.39 is 18.2 Å². The van der Waals surface area contributed by atoms with E-state index in [0.717, 1.165) is 7.11 Å². The molecule has 0 bridgehead atoms. The van der Waals surface area contributed by atoms with Gasteiger partial charge in [0.1, 0.15) is 0 Å². The quantitative estimate of drug-likeness (QED) is 0.470. The van der Waals surface area contributed by atoms with Crippen LogP contribution in [0.5, 0.6) is 0 Å². The minimum absolute atomic E-state index is 0.815. The Morgan fingerprint density at radius 1 is 1.56 bits per heavy atom. The maximum atomic E-state index is 10.3. The summed E-state index contributed by atoms with van der Waals surface area (Å²) in [5.41, 5.74) is 0. The molecular weight excluding hydrogens is 124 g/mol. The molecule has 54 valence electrons. The van der Waals surface area contributed by atoms with Gasteiger partial charge >= 0.3 is 5.97 Å². The third-order valence-corrected chi connectivity index (χ3v) is 0.900. The number of methoxy groups -OCH3 is 1. The van der Waals surface area contributed by atoms with E-state index in [4.69, 9.17) is 10.2 Å². The largest absolute Gasteiger partial charge is 0.467 e. The third kappa shape index (κ3) is 2.43. The normalized spacial score (nSPS) is 16.4. The Kier molecular flexibility index (Phi) is 3.19. The summed E-state index contributed by atoms with van der Waals surface area (Å²) in [6.07, 6.45) is -2.49.